The number of pyridine rings is 1. The zero-order valence-corrected chi connectivity index (χ0v) is 13.4. The minimum Gasteiger partial charge on any atom is -0.320 e. The molecule has 0 bridgehead atoms. The van der Waals surface area contributed by atoms with Crippen LogP contribution in [0.3, 0.4) is 0 Å². The molecule has 2 aromatic heterocycles. The number of carbonyl (C=O) groups is 1. The predicted molar refractivity (Wildman–Crippen MR) is 88.8 cm³/mol. The maximum absolute atomic E-state index is 12.7. The molecule has 22 heavy (non-hydrogen) atoms. The van der Waals surface area contributed by atoms with E-state index in [1.807, 2.05) is 55.6 Å². The van der Waals surface area contributed by atoms with Crippen LogP contribution in [-0.2, 0) is 0 Å². The zero-order valence-electron chi connectivity index (χ0n) is 12.6. The van der Waals surface area contributed by atoms with Crippen LogP contribution in [0, 0.1) is 20.8 Å². The van der Waals surface area contributed by atoms with Crippen LogP contribution in [0.4, 0.5) is 5.69 Å². The third-order valence-electron chi connectivity index (χ3n) is 3.67. The number of hydrogen-bond acceptors (Lipinski definition) is 2. The van der Waals surface area contributed by atoms with Crippen LogP contribution < -0.4 is 5.32 Å². The van der Waals surface area contributed by atoms with Crippen LogP contribution in [-0.4, -0.2) is 15.3 Å². The number of nitrogens with zero attached hydrogens (tertiary/aromatic N) is 2. The maximum Gasteiger partial charge on any atom is 0.274 e. The molecule has 112 valence electrons. The second-order valence-electron chi connectivity index (χ2n) is 5.35. The van der Waals surface area contributed by atoms with Crippen LogP contribution in [0.1, 0.15) is 27.3 Å². The number of benzene rings is 1. The van der Waals surface area contributed by atoms with Gasteiger partial charge >= 0.3 is 0 Å². The van der Waals surface area contributed by atoms with Crippen LogP contribution in [0.5, 0.6) is 0 Å². The van der Waals surface area contributed by atoms with E-state index < -0.39 is 0 Å². The summed E-state index contributed by atoms with van der Waals surface area (Å²) in [6, 6.07) is 9.34. The Labute approximate surface area is 133 Å². The van der Waals surface area contributed by atoms with Crippen LogP contribution in [0.25, 0.3) is 5.65 Å². The summed E-state index contributed by atoms with van der Waals surface area (Å²) in [7, 11) is 0. The van der Waals surface area contributed by atoms with Crippen molar-refractivity contribution in [1.82, 2.24) is 9.38 Å². The molecule has 1 amide bonds. The van der Waals surface area contributed by atoms with Gasteiger partial charge in [-0.1, -0.05) is 23.7 Å². The highest BCUT2D eigenvalue weighted by Crippen LogP contribution is 2.24. The number of imidazole rings is 1. The molecular formula is C17H16ClN3O. The minimum absolute atomic E-state index is 0.194. The lowest BCUT2D eigenvalue weighted by Crippen LogP contribution is -2.16. The standard InChI is InChI=1S/C17H16ClN3O/c1-10-7-8-15-19-12(3)16(21(15)9-10)17(22)20-14-6-4-5-13(18)11(14)2/h4-9H,1-3H3,(H,20,22). The molecular weight excluding hydrogens is 298 g/mol. The number of halogens is 1. The van der Waals surface area contributed by atoms with Crippen molar-refractivity contribution in [3.63, 3.8) is 0 Å². The third kappa shape index (κ3) is 2.46. The van der Waals surface area contributed by atoms with E-state index in [1.54, 1.807) is 6.07 Å². The van der Waals surface area contributed by atoms with Gasteiger partial charge in [-0.25, -0.2) is 4.98 Å². The lowest BCUT2D eigenvalue weighted by Gasteiger charge is -2.10. The van der Waals surface area contributed by atoms with E-state index in [0.717, 1.165) is 16.8 Å². The first-order valence-corrected chi connectivity index (χ1v) is 7.37. The SMILES string of the molecule is Cc1ccc2nc(C)c(C(=O)Nc3cccc(Cl)c3C)n2c1. The number of anilines is 1. The number of amides is 1. The number of aromatic nitrogens is 2. The van der Waals surface area contributed by atoms with Crippen molar-refractivity contribution >= 4 is 28.8 Å². The van der Waals surface area contributed by atoms with Crippen molar-refractivity contribution < 1.29 is 4.79 Å². The van der Waals surface area contributed by atoms with E-state index in [2.05, 4.69) is 10.3 Å². The van der Waals surface area contributed by atoms with Crippen LogP contribution in [0.15, 0.2) is 36.5 Å². The first-order valence-electron chi connectivity index (χ1n) is 6.99. The lowest BCUT2D eigenvalue weighted by atomic mass is 10.2. The molecule has 2 heterocycles. The Morgan fingerprint density at radius 3 is 2.73 bits per heavy atom. The second-order valence-corrected chi connectivity index (χ2v) is 5.75. The summed E-state index contributed by atoms with van der Waals surface area (Å²) >= 11 is 6.10. The summed E-state index contributed by atoms with van der Waals surface area (Å²) in [5.74, 6) is -0.194. The quantitative estimate of drug-likeness (QED) is 0.772. The molecule has 3 aromatic rings. The van der Waals surface area contributed by atoms with Crippen molar-refractivity contribution in [3.8, 4) is 0 Å². The topological polar surface area (TPSA) is 46.4 Å². The zero-order chi connectivity index (χ0) is 15.9. The summed E-state index contributed by atoms with van der Waals surface area (Å²) in [4.78, 5) is 17.1. The van der Waals surface area contributed by atoms with E-state index >= 15 is 0 Å². The number of carbonyl (C=O) groups excluding carboxylic acids is 1. The molecule has 1 aromatic carbocycles. The molecule has 0 fully saturated rings. The molecule has 1 N–H and O–H groups in total. The van der Waals surface area contributed by atoms with Gasteiger partial charge in [-0.2, -0.15) is 0 Å². The molecule has 0 radical (unpaired) electrons. The average molecular weight is 314 g/mol. The molecule has 3 rings (SSSR count). The van der Waals surface area contributed by atoms with Gasteiger partial charge in [0.15, 0.2) is 0 Å². The molecule has 0 unspecified atom stereocenters. The molecule has 0 aliphatic rings. The molecule has 4 nitrogen and oxygen atoms in total. The smallest absolute Gasteiger partial charge is 0.274 e. The van der Waals surface area contributed by atoms with E-state index in [1.165, 1.54) is 0 Å². The fourth-order valence-corrected chi connectivity index (χ4v) is 2.64. The van der Waals surface area contributed by atoms with Gasteiger partial charge in [0.25, 0.3) is 5.91 Å². The highest BCUT2D eigenvalue weighted by atomic mass is 35.5. The Hall–Kier alpha value is -2.33. The van der Waals surface area contributed by atoms with E-state index in [9.17, 15) is 4.79 Å². The van der Waals surface area contributed by atoms with E-state index in [4.69, 9.17) is 11.6 Å². The minimum atomic E-state index is -0.194. The summed E-state index contributed by atoms with van der Waals surface area (Å²) < 4.78 is 1.82. The lowest BCUT2D eigenvalue weighted by molar-refractivity contribution is 0.102. The normalized spacial score (nSPS) is 10.9. The van der Waals surface area contributed by atoms with Crippen LogP contribution >= 0.6 is 11.6 Å². The van der Waals surface area contributed by atoms with E-state index in [-0.39, 0.29) is 5.91 Å². The van der Waals surface area contributed by atoms with Gasteiger partial charge in [0.2, 0.25) is 0 Å². The third-order valence-corrected chi connectivity index (χ3v) is 4.08. The molecule has 5 heteroatoms. The number of hydrogen-bond donors (Lipinski definition) is 1. The van der Waals surface area contributed by atoms with Gasteiger partial charge in [0.1, 0.15) is 11.3 Å². The maximum atomic E-state index is 12.7. The van der Waals surface area contributed by atoms with Crippen molar-refractivity contribution in [2.45, 2.75) is 20.8 Å². The summed E-state index contributed by atoms with van der Waals surface area (Å²) in [5, 5.41) is 3.55. The molecule has 0 atom stereocenters. The van der Waals surface area contributed by atoms with Gasteiger partial charge in [-0.05, 0) is 50.1 Å². The second kappa shape index (κ2) is 5.46. The Morgan fingerprint density at radius 2 is 1.95 bits per heavy atom. The van der Waals surface area contributed by atoms with Crippen molar-refractivity contribution in [2.24, 2.45) is 0 Å². The largest absolute Gasteiger partial charge is 0.320 e. The fourth-order valence-electron chi connectivity index (χ4n) is 2.47. The van der Waals surface area contributed by atoms with Gasteiger partial charge in [0.05, 0.1) is 5.69 Å². The first-order chi connectivity index (χ1) is 10.5. The summed E-state index contributed by atoms with van der Waals surface area (Å²) in [5.41, 5.74) is 4.62. The average Bonchev–Trinajstić information content (AvgIpc) is 2.79. The Balaban J connectivity index is 2.04. The number of aryl methyl sites for hydroxylation is 2. The number of nitrogens with one attached hydrogen (secondary N) is 1. The Morgan fingerprint density at radius 1 is 1.18 bits per heavy atom. The Bertz CT molecular complexity index is 883. The molecule has 0 saturated carbocycles. The molecule has 0 aliphatic heterocycles. The molecule has 0 aliphatic carbocycles. The van der Waals surface area contributed by atoms with Gasteiger partial charge in [0, 0.05) is 16.9 Å². The summed E-state index contributed by atoms with van der Waals surface area (Å²) in [6.45, 7) is 5.70. The van der Waals surface area contributed by atoms with Gasteiger partial charge in [-0.15, -0.1) is 0 Å². The van der Waals surface area contributed by atoms with Gasteiger partial charge in [-0.3, -0.25) is 9.20 Å². The first kappa shape index (κ1) is 14.6. The Kier molecular flexibility index (Phi) is 3.62. The fraction of sp³-hybridized carbons (Fsp3) is 0.176. The van der Waals surface area contributed by atoms with Crippen LogP contribution in [0.2, 0.25) is 5.02 Å². The van der Waals surface area contributed by atoms with Gasteiger partial charge < -0.3 is 5.32 Å². The van der Waals surface area contributed by atoms with Crippen molar-refractivity contribution in [2.75, 3.05) is 5.32 Å². The van der Waals surface area contributed by atoms with E-state index in [0.29, 0.717) is 22.1 Å². The van der Waals surface area contributed by atoms with Crippen molar-refractivity contribution in [3.05, 3.63) is 64.1 Å². The number of fused-ring (bicyclic) bond motifs is 1. The highest BCUT2D eigenvalue weighted by molar-refractivity contribution is 6.31. The molecule has 0 spiro atoms. The highest BCUT2D eigenvalue weighted by Gasteiger charge is 2.17. The number of rotatable bonds is 2. The molecule has 0 saturated heterocycles. The predicted octanol–water partition coefficient (Wildman–Crippen LogP) is 4.17. The summed E-state index contributed by atoms with van der Waals surface area (Å²) in [6.07, 6.45) is 1.91. The monoisotopic (exact) mass is 313 g/mol. The van der Waals surface area contributed by atoms with Crippen molar-refractivity contribution in [1.29, 1.82) is 0 Å².